The summed E-state index contributed by atoms with van der Waals surface area (Å²) in [5.41, 5.74) is 6.44. The second-order valence-corrected chi connectivity index (χ2v) is 6.10. The Bertz CT molecular complexity index is 768. The van der Waals surface area contributed by atoms with Gasteiger partial charge in [-0.05, 0) is 24.3 Å². The highest BCUT2D eigenvalue weighted by molar-refractivity contribution is 9.10. The van der Waals surface area contributed by atoms with Gasteiger partial charge in [0.1, 0.15) is 17.3 Å². The molecule has 2 N–H and O–H groups in total. The Balaban J connectivity index is 2.40. The number of amides is 1. The fraction of sp³-hybridized carbons (Fsp3) is 0.235. The maximum atomic E-state index is 14.1. The van der Waals surface area contributed by atoms with Crippen LogP contribution in [0.3, 0.4) is 0 Å². The third kappa shape index (κ3) is 3.79. The van der Waals surface area contributed by atoms with Crippen molar-refractivity contribution in [2.45, 2.75) is 6.54 Å². The maximum Gasteiger partial charge on any atom is 0.253 e. The Hall–Kier alpha value is -2.28. The van der Waals surface area contributed by atoms with Crippen molar-refractivity contribution in [2.24, 2.45) is 5.73 Å². The fourth-order valence-corrected chi connectivity index (χ4v) is 2.85. The molecule has 0 saturated heterocycles. The molecule has 0 spiro atoms. The van der Waals surface area contributed by atoms with E-state index in [1.807, 2.05) is 12.1 Å². The fourth-order valence-electron chi connectivity index (χ4n) is 2.43. The Kier molecular flexibility index (Phi) is 5.66. The zero-order valence-corrected chi connectivity index (χ0v) is 15.2. The van der Waals surface area contributed by atoms with Crippen LogP contribution in [0.2, 0.25) is 0 Å². The molecule has 7 heteroatoms. The van der Waals surface area contributed by atoms with Gasteiger partial charge in [-0.1, -0.05) is 15.9 Å². The van der Waals surface area contributed by atoms with Gasteiger partial charge in [0.05, 0.1) is 25.5 Å². The van der Waals surface area contributed by atoms with E-state index in [0.717, 1.165) is 5.56 Å². The van der Waals surface area contributed by atoms with Gasteiger partial charge in [0.15, 0.2) is 0 Å². The molecule has 24 heavy (non-hydrogen) atoms. The number of carbonyl (C=O) groups is 1. The van der Waals surface area contributed by atoms with Gasteiger partial charge in [0.2, 0.25) is 0 Å². The zero-order chi connectivity index (χ0) is 17.9. The smallest absolute Gasteiger partial charge is 0.253 e. The van der Waals surface area contributed by atoms with Crippen molar-refractivity contribution in [3.63, 3.8) is 0 Å². The molecule has 128 valence electrons. The summed E-state index contributed by atoms with van der Waals surface area (Å²) in [5.74, 6) is -0.175. The van der Waals surface area contributed by atoms with Gasteiger partial charge in [-0.2, -0.15) is 0 Å². The molecule has 5 nitrogen and oxygen atoms in total. The number of nitrogens with zero attached hydrogens (tertiary/aromatic N) is 1. The standard InChI is InChI=1S/C17H18BrFN2O3/c1-21(9-10-4-5-12(23-2)8-15(10)24-3)14-7-11(18)6-13(19)16(14)17(20)22/h4-8H,9H2,1-3H3,(H2,20,22). The minimum Gasteiger partial charge on any atom is -0.497 e. The first-order valence-corrected chi connectivity index (χ1v) is 7.87. The molecular formula is C17H18BrFN2O3. The van der Waals surface area contributed by atoms with Crippen LogP contribution in [0.4, 0.5) is 10.1 Å². The lowest BCUT2D eigenvalue weighted by Crippen LogP contribution is -2.23. The zero-order valence-electron chi connectivity index (χ0n) is 13.6. The van der Waals surface area contributed by atoms with Crippen LogP contribution in [-0.4, -0.2) is 27.2 Å². The highest BCUT2D eigenvalue weighted by Gasteiger charge is 2.19. The number of benzene rings is 2. The van der Waals surface area contributed by atoms with Crippen molar-refractivity contribution in [1.82, 2.24) is 0 Å². The molecule has 0 saturated carbocycles. The van der Waals surface area contributed by atoms with E-state index in [-0.39, 0.29) is 5.56 Å². The van der Waals surface area contributed by atoms with E-state index < -0.39 is 11.7 Å². The van der Waals surface area contributed by atoms with E-state index in [1.165, 1.54) is 6.07 Å². The minimum atomic E-state index is -0.816. The average molecular weight is 397 g/mol. The van der Waals surface area contributed by atoms with E-state index in [9.17, 15) is 9.18 Å². The second kappa shape index (κ2) is 7.53. The monoisotopic (exact) mass is 396 g/mol. The number of hydrogen-bond acceptors (Lipinski definition) is 4. The summed E-state index contributed by atoms with van der Waals surface area (Å²) in [6.07, 6.45) is 0. The number of carbonyl (C=O) groups excluding carboxylic acids is 1. The molecule has 0 bridgehead atoms. The third-order valence-electron chi connectivity index (χ3n) is 3.59. The van der Waals surface area contributed by atoms with Gasteiger partial charge in [-0.25, -0.2) is 4.39 Å². The van der Waals surface area contributed by atoms with Crippen molar-refractivity contribution in [3.05, 3.63) is 51.7 Å². The number of hydrogen-bond donors (Lipinski definition) is 1. The largest absolute Gasteiger partial charge is 0.497 e. The van der Waals surface area contributed by atoms with Crippen molar-refractivity contribution in [1.29, 1.82) is 0 Å². The van der Waals surface area contributed by atoms with Crippen LogP contribution in [0.1, 0.15) is 15.9 Å². The highest BCUT2D eigenvalue weighted by Crippen LogP contribution is 2.31. The molecule has 2 aromatic rings. The summed E-state index contributed by atoms with van der Waals surface area (Å²) in [6.45, 7) is 0.392. The van der Waals surface area contributed by atoms with Gasteiger partial charge in [-0.3, -0.25) is 4.79 Å². The molecule has 1 amide bonds. The van der Waals surface area contributed by atoms with Crippen LogP contribution in [0.15, 0.2) is 34.8 Å². The Morgan fingerprint density at radius 3 is 2.54 bits per heavy atom. The molecule has 0 aromatic heterocycles. The quantitative estimate of drug-likeness (QED) is 0.812. The molecule has 0 radical (unpaired) electrons. The summed E-state index contributed by atoms with van der Waals surface area (Å²) in [6, 6.07) is 8.29. The molecule has 0 aliphatic heterocycles. The Morgan fingerprint density at radius 2 is 1.96 bits per heavy atom. The summed E-state index contributed by atoms with van der Waals surface area (Å²) in [4.78, 5) is 13.4. The van der Waals surface area contributed by atoms with E-state index in [0.29, 0.717) is 28.2 Å². The van der Waals surface area contributed by atoms with Gasteiger partial charge < -0.3 is 20.1 Å². The van der Waals surface area contributed by atoms with Crippen LogP contribution in [-0.2, 0) is 6.54 Å². The van der Waals surface area contributed by atoms with E-state index >= 15 is 0 Å². The number of halogens is 2. The van der Waals surface area contributed by atoms with Gasteiger partial charge in [0, 0.05) is 29.7 Å². The number of nitrogens with two attached hydrogens (primary N) is 1. The van der Waals surface area contributed by atoms with E-state index in [1.54, 1.807) is 38.3 Å². The molecule has 0 aliphatic carbocycles. The van der Waals surface area contributed by atoms with Crippen LogP contribution in [0, 0.1) is 5.82 Å². The summed E-state index contributed by atoms with van der Waals surface area (Å²) < 4.78 is 25.2. The predicted molar refractivity (Wildman–Crippen MR) is 94.3 cm³/mol. The molecule has 0 fully saturated rings. The topological polar surface area (TPSA) is 64.8 Å². The number of anilines is 1. The van der Waals surface area contributed by atoms with Crippen LogP contribution in [0.5, 0.6) is 11.5 Å². The van der Waals surface area contributed by atoms with Crippen LogP contribution >= 0.6 is 15.9 Å². The summed E-state index contributed by atoms with van der Waals surface area (Å²) >= 11 is 3.24. The number of methoxy groups -OCH3 is 2. The van der Waals surface area contributed by atoms with Crippen LogP contribution < -0.4 is 20.1 Å². The first kappa shape index (κ1) is 18.1. The highest BCUT2D eigenvalue weighted by atomic mass is 79.9. The summed E-state index contributed by atoms with van der Waals surface area (Å²) in [5, 5.41) is 0. The van der Waals surface area contributed by atoms with Gasteiger partial charge in [0.25, 0.3) is 5.91 Å². The maximum absolute atomic E-state index is 14.1. The van der Waals surface area contributed by atoms with Gasteiger partial charge in [-0.15, -0.1) is 0 Å². The van der Waals surface area contributed by atoms with Crippen LogP contribution in [0.25, 0.3) is 0 Å². The molecule has 0 unspecified atom stereocenters. The molecule has 0 heterocycles. The van der Waals surface area contributed by atoms with Gasteiger partial charge >= 0.3 is 0 Å². The lowest BCUT2D eigenvalue weighted by Gasteiger charge is -2.23. The first-order chi connectivity index (χ1) is 11.4. The van der Waals surface area contributed by atoms with Crippen molar-refractivity contribution in [3.8, 4) is 11.5 Å². The number of rotatable bonds is 6. The Labute approximate surface area is 148 Å². The lowest BCUT2D eigenvalue weighted by molar-refractivity contribution is 0.0997. The van der Waals surface area contributed by atoms with E-state index in [4.69, 9.17) is 15.2 Å². The molecule has 0 aliphatic rings. The molecule has 2 aromatic carbocycles. The average Bonchev–Trinajstić information content (AvgIpc) is 2.53. The lowest BCUT2D eigenvalue weighted by atomic mass is 10.1. The first-order valence-electron chi connectivity index (χ1n) is 7.08. The second-order valence-electron chi connectivity index (χ2n) is 5.18. The predicted octanol–water partition coefficient (Wildman–Crippen LogP) is 3.34. The molecular weight excluding hydrogens is 379 g/mol. The third-order valence-corrected chi connectivity index (χ3v) is 4.05. The molecule has 0 atom stereocenters. The minimum absolute atomic E-state index is 0.145. The van der Waals surface area contributed by atoms with Crippen molar-refractivity contribution in [2.75, 3.05) is 26.2 Å². The van der Waals surface area contributed by atoms with E-state index in [2.05, 4.69) is 15.9 Å². The normalized spacial score (nSPS) is 10.4. The number of ether oxygens (including phenoxy) is 2. The van der Waals surface area contributed by atoms with Crippen molar-refractivity contribution >= 4 is 27.5 Å². The SMILES string of the molecule is COc1ccc(CN(C)c2cc(Br)cc(F)c2C(N)=O)c(OC)c1. The molecule has 2 rings (SSSR count). The summed E-state index contributed by atoms with van der Waals surface area (Å²) in [7, 11) is 4.88. The van der Waals surface area contributed by atoms with Crippen molar-refractivity contribution < 1.29 is 18.7 Å². The number of primary amides is 1. The Morgan fingerprint density at radius 1 is 1.25 bits per heavy atom.